The van der Waals surface area contributed by atoms with E-state index in [0.29, 0.717) is 23.2 Å². The number of nitrogens with zero attached hydrogens (tertiary/aromatic N) is 5. The van der Waals surface area contributed by atoms with Gasteiger partial charge in [0.05, 0.1) is 17.3 Å². The van der Waals surface area contributed by atoms with E-state index >= 15 is 0 Å². The van der Waals surface area contributed by atoms with Crippen LogP contribution in [0.25, 0.3) is 33.5 Å². The molecule has 3 aromatic heterocycles. The zero-order chi connectivity index (χ0) is 33.0. The van der Waals surface area contributed by atoms with Gasteiger partial charge >= 0.3 is 0 Å². The minimum atomic E-state index is -3.66. The number of carbonyl (C=O) groups is 1. The lowest BCUT2D eigenvalue weighted by Gasteiger charge is -2.20. The van der Waals surface area contributed by atoms with E-state index < -0.39 is 45.9 Å². The number of ether oxygens (including phenoxy) is 1. The standard InChI is InChI=1S/C25H33FN6O2Si/c1-25(2,3)29-24(33)18-14-32(15-34-10-11-35(5,6)7)23-22(18)28-19(13-27-23)21-17-9-8-16(26)12-20(17)31(4)30-21/h8-9,12-14H,10-11,15H2,1-7H3,(H,29,33)/i1D3,2D3,3D3. The number of halogens is 1. The number of benzene rings is 1. The predicted octanol–water partition coefficient (Wildman–Crippen LogP) is 4.96. The Kier molecular flexibility index (Phi) is 4.13. The lowest BCUT2D eigenvalue weighted by Crippen LogP contribution is -2.40. The molecule has 1 N–H and O–H groups in total. The zero-order valence-corrected chi connectivity index (χ0v) is 20.9. The number of fused-ring (bicyclic) bond motifs is 2. The van der Waals surface area contributed by atoms with Gasteiger partial charge in [0.1, 0.15) is 29.5 Å². The molecule has 0 aliphatic rings. The fourth-order valence-corrected chi connectivity index (χ4v) is 4.39. The molecule has 10 heteroatoms. The maximum absolute atomic E-state index is 13.9. The first-order chi connectivity index (χ1) is 20.1. The van der Waals surface area contributed by atoms with Gasteiger partial charge in [-0.05, 0) is 44.8 Å². The number of carbonyl (C=O) groups excluding carboxylic acids is 1. The molecule has 0 fully saturated rings. The van der Waals surface area contributed by atoms with E-state index in [-0.39, 0.29) is 29.2 Å². The van der Waals surface area contributed by atoms with Gasteiger partial charge in [-0.1, -0.05) is 19.6 Å². The Bertz CT molecular complexity index is 1670. The molecule has 0 bridgehead atoms. The quantitative estimate of drug-likeness (QED) is 0.283. The molecule has 1 amide bonds. The Balaban J connectivity index is 1.87. The Morgan fingerprint density at radius 3 is 2.77 bits per heavy atom. The van der Waals surface area contributed by atoms with Crippen LogP contribution in [-0.4, -0.2) is 50.4 Å². The van der Waals surface area contributed by atoms with Crippen LogP contribution in [0.15, 0.2) is 30.6 Å². The molecule has 186 valence electrons. The van der Waals surface area contributed by atoms with Crippen molar-refractivity contribution in [3.63, 3.8) is 0 Å². The molecule has 0 aliphatic carbocycles. The summed E-state index contributed by atoms with van der Waals surface area (Å²) in [6.07, 6.45) is 2.65. The number of hydrogen-bond acceptors (Lipinski definition) is 5. The summed E-state index contributed by atoms with van der Waals surface area (Å²) in [5, 5.41) is 6.82. The van der Waals surface area contributed by atoms with Crippen molar-refractivity contribution in [1.82, 2.24) is 29.6 Å². The smallest absolute Gasteiger partial charge is 0.255 e. The van der Waals surface area contributed by atoms with Crippen LogP contribution >= 0.6 is 0 Å². The van der Waals surface area contributed by atoms with Crippen molar-refractivity contribution < 1.29 is 26.3 Å². The summed E-state index contributed by atoms with van der Waals surface area (Å²) in [5.74, 6) is -1.77. The van der Waals surface area contributed by atoms with Crippen LogP contribution in [0.1, 0.15) is 43.3 Å². The van der Waals surface area contributed by atoms with Crippen LogP contribution in [0.5, 0.6) is 0 Å². The molecule has 4 aromatic rings. The van der Waals surface area contributed by atoms with Crippen LogP contribution < -0.4 is 5.32 Å². The van der Waals surface area contributed by atoms with Crippen LogP contribution in [0.4, 0.5) is 4.39 Å². The van der Waals surface area contributed by atoms with E-state index in [0.717, 1.165) is 6.04 Å². The second-order valence-corrected chi connectivity index (χ2v) is 15.2. The zero-order valence-electron chi connectivity index (χ0n) is 28.9. The summed E-state index contributed by atoms with van der Waals surface area (Å²) in [5.41, 5.74) is -2.91. The third-order valence-corrected chi connectivity index (χ3v) is 7.10. The lowest BCUT2D eigenvalue weighted by atomic mass is 10.1. The number of aryl methyl sites for hydroxylation is 1. The van der Waals surface area contributed by atoms with Crippen LogP contribution in [-0.2, 0) is 18.5 Å². The van der Waals surface area contributed by atoms with Crippen LogP contribution in [0.2, 0.25) is 25.7 Å². The number of nitrogens with one attached hydrogen (secondary N) is 1. The summed E-state index contributed by atoms with van der Waals surface area (Å²) >= 11 is 0. The highest BCUT2D eigenvalue weighted by atomic mass is 28.3. The van der Waals surface area contributed by atoms with Crippen molar-refractivity contribution in [1.29, 1.82) is 0 Å². The summed E-state index contributed by atoms with van der Waals surface area (Å²) in [7, 11) is 0.183. The van der Waals surface area contributed by atoms with Crippen molar-refractivity contribution in [2.75, 3.05) is 6.61 Å². The molecule has 4 rings (SSSR count). The van der Waals surface area contributed by atoms with E-state index in [1.54, 1.807) is 7.05 Å². The van der Waals surface area contributed by atoms with Crippen molar-refractivity contribution in [2.45, 2.75) is 58.5 Å². The summed E-state index contributed by atoms with van der Waals surface area (Å²) in [6, 6.07) is 4.91. The molecule has 1 aromatic carbocycles. The van der Waals surface area contributed by atoms with E-state index in [2.05, 4.69) is 34.7 Å². The molecular formula is C25H33FN6O2Si. The van der Waals surface area contributed by atoms with Crippen molar-refractivity contribution in [3.8, 4) is 11.4 Å². The van der Waals surface area contributed by atoms with Crippen molar-refractivity contribution in [2.24, 2.45) is 7.05 Å². The molecule has 0 radical (unpaired) electrons. The molecule has 0 atom stereocenters. The molecule has 0 spiro atoms. The van der Waals surface area contributed by atoms with Crippen LogP contribution in [0.3, 0.4) is 0 Å². The molecule has 0 unspecified atom stereocenters. The number of rotatable bonds is 7. The van der Waals surface area contributed by atoms with E-state index in [4.69, 9.17) is 17.1 Å². The first-order valence-corrected chi connectivity index (χ1v) is 14.7. The average molecular weight is 506 g/mol. The molecule has 0 saturated carbocycles. The summed E-state index contributed by atoms with van der Waals surface area (Å²) < 4.78 is 93.6. The highest BCUT2D eigenvalue weighted by molar-refractivity contribution is 6.76. The van der Waals surface area contributed by atoms with E-state index in [1.165, 1.54) is 39.8 Å². The predicted molar refractivity (Wildman–Crippen MR) is 139 cm³/mol. The Hall–Kier alpha value is -3.11. The second-order valence-electron chi connectivity index (χ2n) is 9.63. The molecular weight excluding hydrogens is 463 g/mol. The maximum atomic E-state index is 13.9. The van der Waals surface area contributed by atoms with Gasteiger partial charge in [0.2, 0.25) is 0 Å². The van der Waals surface area contributed by atoms with E-state index in [1.807, 2.05) is 5.32 Å². The molecule has 3 heterocycles. The fraction of sp³-hybridized carbons (Fsp3) is 0.440. The largest absolute Gasteiger partial charge is 0.361 e. The van der Waals surface area contributed by atoms with Gasteiger partial charge in [-0.2, -0.15) is 5.10 Å². The van der Waals surface area contributed by atoms with Crippen molar-refractivity contribution in [3.05, 3.63) is 42.0 Å². The van der Waals surface area contributed by atoms with Gasteiger partial charge < -0.3 is 14.6 Å². The van der Waals surface area contributed by atoms with Crippen LogP contribution in [0, 0.1) is 5.82 Å². The maximum Gasteiger partial charge on any atom is 0.255 e. The monoisotopic (exact) mass is 505 g/mol. The highest BCUT2D eigenvalue weighted by Crippen LogP contribution is 2.29. The Morgan fingerprint density at radius 2 is 2.06 bits per heavy atom. The molecule has 0 saturated heterocycles. The van der Waals surface area contributed by atoms with Gasteiger partial charge in [-0.25, -0.2) is 14.4 Å². The molecule has 8 nitrogen and oxygen atoms in total. The number of amides is 1. The highest BCUT2D eigenvalue weighted by Gasteiger charge is 2.23. The fourth-order valence-electron chi connectivity index (χ4n) is 3.63. The topological polar surface area (TPSA) is 86.9 Å². The first-order valence-electron chi connectivity index (χ1n) is 15.5. The Labute approximate surface area is 218 Å². The molecule has 35 heavy (non-hydrogen) atoms. The molecule has 0 aliphatic heterocycles. The van der Waals surface area contributed by atoms with Gasteiger partial charge in [-0.3, -0.25) is 9.48 Å². The summed E-state index contributed by atoms with van der Waals surface area (Å²) in [4.78, 5) is 22.8. The van der Waals surface area contributed by atoms with Gasteiger partial charge in [0, 0.05) is 51.2 Å². The number of aromatic nitrogens is 5. The Morgan fingerprint density at radius 1 is 1.29 bits per heavy atom. The minimum Gasteiger partial charge on any atom is -0.361 e. The third-order valence-electron chi connectivity index (χ3n) is 5.39. The van der Waals surface area contributed by atoms with Gasteiger partial charge in [0.25, 0.3) is 5.91 Å². The average Bonchev–Trinajstić information content (AvgIpc) is 3.39. The van der Waals surface area contributed by atoms with Gasteiger partial charge in [0.15, 0.2) is 5.65 Å². The first kappa shape index (κ1) is 15.8. The van der Waals surface area contributed by atoms with E-state index in [9.17, 15) is 9.18 Å². The SMILES string of the molecule is [2H]C([2H])([2H])C(NC(=O)c1cn(COCC[Si](C)(C)C)c2ncc(-c3nn(C)c4cc(F)ccc34)nc12)(C([2H])([2H])[2H])C([2H])([2H])[2H]. The lowest BCUT2D eigenvalue weighted by molar-refractivity contribution is 0.0886. The minimum absolute atomic E-state index is 0.0724. The van der Waals surface area contributed by atoms with Gasteiger partial charge in [-0.15, -0.1) is 0 Å². The summed E-state index contributed by atoms with van der Waals surface area (Å²) in [6.45, 7) is -4.08. The van der Waals surface area contributed by atoms with Crippen molar-refractivity contribution >= 4 is 36.0 Å². The second kappa shape index (κ2) is 9.16. The normalized spacial score (nSPS) is 17.5. The third kappa shape index (κ3) is 5.59. The number of hydrogen-bond donors (Lipinski definition) is 1.